The Hall–Kier alpha value is -0.820. The molecule has 114 valence electrons. The maximum atomic E-state index is 3.36. The van der Waals surface area contributed by atoms with Crippen molar-refractivity contribution in [2.45, 2.75) is 78.7 Å². The zero-order valence-corrected chi connectivity index (χ0v) is 14.7. The minimum atomic E-state index is 0.564. The standard InChI is InChI=1S/C19H33N/c1-12(2)17-10-18(13(3)4)16(7)19(11-17)14(5)9-15(6)20-8/h10-15,20H,9H2,1-8H3. The molecule has 0 aliphatic carbocycles. The Bertz CT molecular complexity index is 432. The van der Waals surface area contributed by atoms with Gasteiger partial charge in [0.25, 0.3) is 0 Å². The van der Waals surface area contributed by atoms with E-state index >= 15 is 0 Å². The van der Waals surface area contributed by atoms with Gasteiger partial charge >= 0.3 is 0 Å². The molecule has 0 spiro atoms. The molecule has 0 radical (unpaired) electrons. The Balaban J connectivity index is 3.23. The van der Waals surface area contributed by atoms with Crippen LogP contribution in [-0.2, 0) is 0 Å². The highest BCUT2D eigenvalue weighted by molar-refractivity contribution is 5.42. The molecule has 0 aromatic heterocycles. The van der Waals surface area contributed by atoms with Crippen LogP contribution in [0.2, 0.25) is 0 Å². The fourth-order valence-corrected chi connectivity index (χ4v) is 3.00. The molecule has 0 aliphatic rings. The Kier molecular flexibility index (Phi) is 6.26. The van der Waals surface area contributed by atoms with E-state index in [2.05, 4.69) is 65.9 Å². The number of rotatable bonds is 6. The van der Waals surface area contributed by atoms with Crippen LogP contribution in [0.25, 0.3) is 0 Å². The van der Waals surface area contributed by atoms with Gasteiger partial charge in [0.05, 0.1) is 0 Å². The lowest BCUT2D eigenvalue weighted by Crippen LogP contribution is -2.23. The van der Waals surface area contributed by atoms with Gasteiger partial charge in [-0.25, -0.2) is 0 Å². The van der Waals surface area contributed by atoms with Crippen LogP contribution in [0.15, 0.2) is 12.1 Å². The summed E-state index contributed by atoms with van der Waals surface area (Å²) in [7, 11) is 2.05. The highest BCUT2D eigenvalue weighted by Crippen LogP contribution is 2.33. The van der Waals surface area contributed by atoms with Crippen molar-refractivity contribution in [2.75, 3.05) is 7.05 Å². The minimum Gasteiger partial charge on any atom is -0.317 e. The van der Waals surface area contributed by atoms with E-state index in [0.717, 1.165) is 0 Å². The molecule has 0 aliphatic heterocycles. The monoisotopic (exact) mass is 275 g/mol. The third kappa shape index (κ3) is 4.09. The molecule has 1 N–H and O–H groups in total. The molecule has 0 saturated carbocycles. The molecule has 0 amide bonds. The summed E-state index contributed by atoms with van der Waals surface area (Å²) in [6.45, 7) is 16.1. The van der Waals surface area contributed by atoms with E-state index in [1.165, 1.54) is 23.1 Å². The first-order chi connectivity index (χ1) is 9.27. The van der Waals surface area contributed by atoms with E-state index < -0.39 is 0 Å². The van der Waals surface area contributed by atoms with E-state index in [9.17, 15) is 0 Å². The topological polar surface area (TPSA) is 12.0 Å². The second-order valence-electron chi connectivity index (χ2n) is 6.96. The van der Waals surface area contributed by atoms with Gasteiger partial charge in [0.15, 0.2) is 0 Å². The van der Waals surface area contributed by atoms with Gasteiger partial charge < -0.3 is 5.32 Å². The van der Waals surface area contributed by atoms with Crippen molar-refractivity contribution in [2.24, 2.45) is 0 Å². The average molecular weight is 275 g/mol. The van der Waals surface area contributed by atoms with Crippen molar-refractivity contribution in [3.05, 3.63) is 34.4 Å². The van der Waals surface area contributed by atoms with Crippen molar-refractivity contribution in [3.63, 3.8) is 0 Å². The van der Waals surface area contributed by atoms with Crippen LogP contribution in [0.1, 0.15) is 88.0 Å². The molecule has 2 unspecified atom stereocenters. The van der Waals surface area contributed by atoms with Gasteiger partial charge in [-0.3, -0.25) is 0 Å². The fourth-order valence-electron chi connectivity index (χ4n) is 3.00. The first-order valence-corrected chi connectivity index (χ1v) is 8.09. The van der Waals surface area contributed by atoms with Crippen molar-refractivity contribution in [1.82, 2.24) is 5.32 Å². The lowest BCUT2D eigenvalue weighted by Gasteiger charge is -2.24. The summed E-state index contributed by atoms with van der Waals surface area (Å²) in [6, 6.07) is 5.43. The van der Waals surface area contributed by atoms with E-state index in [-0.39, 0.29) is 0 Å². The summed E-state index contributed by atoms with van der Waals surface area (Å²) < 4.78 is 0. The zero-order valence-electron chi connectivity index (χ0n) is 14.7. The van der Waals surface area contributed by atoms with Gasteiger partial charge in [0, 0.05) is 6.04 Å². The smallest absolute Gasteiger partial charge is 0.00414 e. The third-order valence-corrected chi connectivity index (χ3v) is 4.53. The molecule has 1 heteroatoms. The summed E-state index contributed by atoms with van der Waals surface area (Å²) in [5, 5.41) is 3.36. The second kappa shape index (κ2) is 7.26. The summed E-state index contributed by atoms with van der Waals surface area (Å²) in [5.41, 5.74) is 6.05. The first kappa shape index (κ1) is 17.2. The number of hydrogen-bond donors (Lipinski definition) is 1. The van der Waals surface area contributed by atoms with Crippen molar-refractivity contribution >= 4 is 0 Å². The van der Waals surface area contributed by atoms with Gasteiger partial charge in [0.1, 0.15) is 0 Å². The van der Waals surface area contributed by atoms with Crippen LogP contribution in [0, 0.1) is 6.92 Å². The normalized spacial score (nSPS) is 14.9. The maximum Gasteiger partial charge on any atom is 0.00414 e. The zero-order chi connectivity index (χ0) is 15.4. The Morgan fingerprint density at radius 2 is 1.45 bits per heavy atom. The van der Waals surface area contributed by atoms with Gasteiger partial charge in [0.2, 0.25) is 0 Å². The summed E-state index contributed by atoms with van der Waals surface area (Å²) >= 11 is 0. The highest BCUT2D eigenvalue weighted by atomic mass is 14.8. The van der Waals surface area contributed by atoms with Crippen LogP contribution in [-0.4, -0.2) is 13.1 Å². The van der Waals surface area contributed by atoms with Crippen LogP contribution >= 0.6 is 0 Å². The maximum absolute atomic E-state index is 3.36. The second-order valence-corrected chi connectivity index (χ2v) is 6.96. The highest BCUT2D eigenvalue weighted by Gasteiger charge is 2.17. The third-order valence-electron chi connectivity index (χ3n) is 4.53. The molecule has 0 fully saturated rings. The lowest BCUT2D eigenvalue weighted by molar-refractivity contribution is 0.514. The Labute approximate surface area is 126 Å². The van der Waals surface area contributed by atoms with Crippen molar-refractivity contribution in [3.8, 4) is 0 Å². The van der Waals surface area contributed by atoms with Gasteiger partial charge in [-0.2, -0.15) is 0 Å². The van der Waals surface area contributed by atoms with Crippen molar-refractivity contribution < 1.29 is 0 Å². The molecule has 1 rings (SSSR count). The van der Waals surface area contributed by atoms with Gasteiger partial charge in [-0.05, 0) is 67.3 Å². The average Bonchev–Trinajstić information content (AvgIpc) is 2.37. The molecule has 2 atom stereocenters. The van der Waals surface area contributed by atoms with Crippen LogP contribution in [0.4, 0.5) is 0 Å². The van der Waals surface area contributed by atoms with Crippen LogP contribution in [0.5, 0.6) is 0 Å². The van der Waals surface area contributed by atoms with E-state index in [1.54, 1.807) is 5.56 Å². The quantitative estimate of drug-likeness (QED) is 0.738. The molecule has 1 aromatic rings. The summed E-state index contributed by atoms with van der Waals surface area (Å²) in [5.74, 6) is 1.80. The number of hydrogen-bond acceptors (Lipinski definition) is 1. The Morgan fingerprint density at radius 3 is 1.90 bits per heavy atom. The molecule has 1 aromatic carbocycles. The largest absolute Gasteiger partial charge is 0.317 e. The van der Waals surface area contributed by atoms with E-state index in [1.807, 2.05) is 7.05 Å². The van der Waals surface area contributed by atoms with Crippen LogP contribution in [0.3, 0.4) is 0 Å². The molecular weight excluding hydrogens is 242 g/mol. The first-order valence-electron chi connectivity index (χ1n) is 8.09. The summed E-state index contributed by atoms with van der Waals surface area (Å²) in [6.07, 6.45) is 1.19. The van der Waals surface area contributed by atoms with Gasteiger partial charge in [-0.1, -0.05) is 46.8 Å². The molecular formula is C19H33N. The molecule has 20 heavy (non-hydrogen) atoms. The number of benzene rings is 1. The minimum absolute atomic E-state index is 0.564. The van der Waals surface area contributed by atoms with Crippen LogP contribution < -0.4 is 5.32 Å². The lowest BCUT2D eigenvalue weighted by atomic mass is 9.83. The summed E-state index contributed by atoms with van der Waals surface area (Å²) in [4.78, 5) is 0. The van der Waals surface area contributed by atoms with Gasteiger partial charge in [-0.15, -0.1) is 0 Å². The Morgan fingerprint density at radius 1 is 0.900 bits per heavy atom. The molecule has 0 heterocycles. The molecule has 0 bridgehead atoms. The van der Waals surface area contributed by atoms with E-state index in [4.69, 9.17) is 0 Å². The van der Waals surface area contributed by atoms with E-state index in [0.29, 0.717) is 23.8 Å². The number of nitrogens with one attached hydrogen (secondary N) is 1. The predicted octanol–water partition coefficient (Wildman–Crippen LogP) is 5.34. The SMILES string of the molecule is CNC(C)CC(C)c1cc(C(C)C)cc(C(C)C)c1C. The van der Waals surface area contributed by atoms with Crippen molar-refractivity contribution in [1.29, 1.82) is 0 Å². The molecule has 1 nitrogen and oxygen atoms in total. The fraction of sp³-hybridized carbons (Fsp3) is 0.684. The molecule has 0 saturated heterocycles. The predicted molar refractivity (Wildman–Crippen MR) is 90.9 cm³/mol.